The van der Waals surface area contributed by atoms with Gasteiger partial charge in [-0.2, -0.15) is 0 Å². The number of carboxylic acids is 2. The molecule has 0 aromatic heterocycles. The Morgan fingerprint density at radius 2 is 1.71 bits per heavy atom. The maximum Gasteiger partial charge on any atom is 0.408 e. The van der Waals surface area contributed by atoms with Crippen LogP contribution in [0, 0.1) is 0 Å². The van der Waals surface area contributed by atoms with E-state index in [4.69, 9.17) is 14.9 Å². The third-order valence-electron chi connectivity index (χ3n) is 2.48. The van der Waals surface area contributed by atoms with E-state index in [1.54, 1.807) is 20.8 Å². The average molecular weight is 304 g/mol. The number of alkyl carbamates (subject to hydrolysis) is 1. The van der Waals surface area contributed by atoms with Gasteiger partial charge in [-0.1, -0.05) is 0 Å². The molecule has 0 heterocycles. The van der Waals surface area contributed by atoms with Gasteiger partial charge in [0.05, 0.1) is 0 Å². The van der Waals surface area contributed by atoms with Crippen molar-refractivity contribution in [2.24, 2.45) is 0 Å². The Morgan fingerprint density at radius 3 is 2.14 bits per heavy atom. The summed E-state index contributed by atoms with van der Waals surface area (Å²) in [6, 6.07) is -1.77. The van der Waals surface area contributed by atoms with Crippen LogP contribution in [0.2, 0.25) is 0 Å². The molecule has 0 radical (unpaired) electrons. The van der Waals surface area contributed by atoms with Crippen LogP contribution in [0.25, 0.3) is 0 Å². The predicted molar refractivity (Wildman–Crippen MR) is 75.1 cm³/mol. The summed E-state index contributed by atoms with van der Waals surface area (Å²) in [5.74, 6) is -2.14. The lowest BCUT2D eigenvalue weighted by Gasteiger charge is -2.22. The Balaban J connectivity index is 4.18. The number of ether oxygens (including phenoxy) is 1. The molecule has 21 heavy (non-hydrogen) atoms. The second-order valence-corrected chi connectivity index (χ2v) is 5.69. The highest BCUT2D eigenvalue weighted by molar-refractivity contribution is 5.79. The molecule has 0 aliphatic rings. The molecule has 0 aromatic carbocycles. The van der Waals surface area contributed by atoms with Crippen LogP contribution in [-0.2, 0) is 14.3 Å². The first-order chi connectivity index (χ1) is 9.53. The zero-order valence-corrected chi connectivity index (χ0v) is 12.8. The summed E-state index contributed by atoms with van der Waals surface area (Å²) in [7, 11) is 0. The molecule has 0 fully saturated rings. The molecular weight excluding hydrogens is 280 g/mol. The zero-order chi connectivity index (χ0) is 16.6. The number of rotatable bonds is 8. The van der Waals surface area contributed by atoms with Gasteiger partial charge in [-0.3, -0.25) is 4.79 Å². The fraction of sp³-hybridized carbons (Fsp3) is 0.769. The highest BCUT2D eigenvalue weighted by Gasteiger charge is 2.23. The van der Waals surface area contributed by atoms with Crippen LogP contribution in [-0.4, -0.2) is 52.5 Å². The molecule has 4 N–H and O–H groups in total. The van der Waals surface area contributed by atoms with Gasteiger partial charge in [-0.25, -0.2) is 9.59 Å². The smallest absolute Gasteiger partial charge is 0.408 e. The third-order valence-corrected chi connectivity index (χ3v) is 2.48. The van der Waals surface area contributed by atoms with Gasteiger partial charge < -0.3 is 25.6 Å². The molecule has 1 amide bonds. The highest BCUT2D eigenvalue weighted by atomic mass is 16.6. The van der Waals surface area contributed by atoms with Crippen molar-refractivity contribution < 1.29 is 29.3 Å². The van der Waals surface area contributed by atoms with Crippen molar-refractivity contribution in [2.75, 3.05) is 6.54 Å². The number of nitrogens with one attached hydrogen (secondary N) is 2. The Morgan fingerprint density at radius 1 is 1.14 bits per heavy atom. The Kier molecular flexibility index (Phi) is 7.72. The van der Waals surface area contributed by atoms with Crippen molar-refractivity contribution in [3.05, 3.63) is 0 Å². The molecule has 0 bridgehead atoms. The Bertz CT molecular complexity index is 377. The van der Waals surface area contributed by atoms with E-state index in [1.165, 1.54) is 6.92 Å². The van der Waals surface area contributed by atoms with Crippen molar-refractivity contribution >= 4 is 18.0 Å². The largest absolute Gasteiger partial charge is 0.480 e. The second-order valence-electron chi connectivity index (χ2n) is 5.69. The normalized spacial score (nSPS) is 14.1. The molecule has 0 spiro atoms. The standard InChI is InChI=1S/C13H24N2O6/c1-8(10(16)17)14-7-5-6-9(11(18)19)15-12(20)21-13(2,3)4/h8-9,14H,5-7H2,1-4H3,(H,15,20)(H,16,17)(H,18,19)/t8?,9-/m0/s1. The van der Waals surface area contributed by atoms with Crippen molar-refractivity contribution in [3.63, 3.8) is 0 Å². The topological polar surface area (TPSA) is 125 Å². The van der Waals surface area contributed by atoms with Gasteiger partial charge in [0.1, 0.15) is 17.7 Å². The molecule has 0 rings (SSSR count). The molecule has 0 aliphatic heterocycles. The highest BCUT2D eigenvalue weighted by Crippen LogP contribution is 2.07. The predicted octanol–water partition coefficient (Wildman–Crippen LogP) is 0.807. The first-order valence-electron chi connectivity index (χ1n) is 6.71. The fourth-order valence-corrected chi connectivity index (χ4v) is 1.42. The maximum atomic E-state index is 11.5. The SMILES string of the molecule is CC(NCCC[C@H](NC(=O)OC(C)(C)C)C(=O)O)C(=O)O. The van der Waals surface area contributed by atoms with E-state index in [-0.39, 0.29) is 6.42 Å². The van der Waals surface area contributed by atoms with E-state index in [1.807, 2.05) is 0 Å². The lowest BCUT2D eigenvalue weighted by atomic mass is 10.1. The molecule has 2 atom stereocenters. The van der Waals surface area contributed by atoms with E-state index in [2.05, 4.69) is 10.6 Å². The van der Waals surface area contributed by atoms with Crippen molar-refractivity contribution in [3.8, 4) is 0 Å². The van der Waals surface area contributed by atoms with Crippen molar-refractivity contribution in [2.45, 2.75) is 58.2 Å². The van der Waals surface area contributed by atoms with Gasteiger partial charge in [0.2, 0.25) is 0 Å². The van der Waals surface area contributed by atoms with E-state index in [0.717, 1.165) is 0 Å². The molecule has 1 unspecified atom stereocenters. The minimum absolute atomic E-state index is 0.175. The van der Waals surface area contributed by atoms with Crippen molar-refractivity contribution in [1.82, 2.24) is 10.6 Å². The summed E-state index contributed by atoms with van der Waals surface area (Å²) in [4.78, 5) is 33.1. The zero-order valence-electron chi connectivity index (χ0n) is 12.8. The quantitative estimate of drug-likeness (QED) is 0.489. The summed E-state index contributed by atoms with van der Waals surface area (Å²) in [6.07, 6.45) is -0.208. The van der Waals surface area contributed by atoms with E-state index >= 15 is 0 Å². The van der Waals surface area contributed by atoms with Crippen LogP contribution in [0.3, 0.4) is 0 Å². The number of carbonyl (C=O) groups is 3. The van der Waals surface area contributed by atoms with Crippen LogP contribution < -0.4 is 10.6 Å². The van der Waals surface area contributed by atoms with Crippen LogP contribution >= 0.6 is 0 Å². The molecule has 8 nitrogen and oxygen atoms in total. The lowest BCUT2D eigenvalue weighted by molar-refractivity contribution is -0.140. The van der Waals surface area contributed by atoms with Crippen LogP contribution in [0.1, 0.15) is 40.5 Å². The molecule has 0 saturated carbocycles. The number of amides is 1. The van der Waals surface area contributed by atoms with E-state index in [0.29, 0.717) is 13.0 Å². The number of hydrogen-bond acceptors (Lipinski definition) is 5. The van der Waals surface area contributed by atoms with Gasteiger partial charge >= 0.3 is 18.0 Å². The first kappa shape index (κ1) is 19.2. The van der Waals surface area contributed by atoms with Gasteiger partial charge in [0.15, 0.2) is 0 Å². The number of carbonyl (C=O) groups excluding carboxylic acids is 1. The Hall–Kier alpha value is -1.83. The molecular formula is C13H24N2O6. The number of hydrogen-bond donors (Lipinski definition) is 4. The van der Waals surface area contributed by atoms with Gasteiger partial charge in [-0.05, 0) is 47.1 Å². The minimum atomic E-state index is -1.16. The fourth-order valence-electron chi connectivity index (χ4n) is 1.42. The van der Waals surface area contributed by atoms with Gasteiger partial charge in [0.25, 0.3) is 0 Å². The van der Waals surface area contributed by atoms with Gasteiger partial charge in [-0.15, -0.1) is 0 Å². The summed E-state index contributed by atoms with van der Waals surface area (Å²) >= 11 is 0. The average Bonchev–Trinajstić information content (AvgIpc) is 2.29. The summed E-state index contributed by atoms with van der Waals surface area (Å²) in [5, 5.41) is 22.7. The third kappa shape index (κ3) is 9.67. The second kappa shape index (κ2) is 8.46. The van der Waals surface area contributed by atoms with Crippen LogP contribution in [0.15, 0.2) is 0 Å². The number of carboxylic acid groups (broad SMARTS) is 2. The van der Waals surface area contributed by atoms with E-state index in [9.17, 15) is 14.4 Å². The summed E-state index contributed by atoms with van der Waals surface area (Å²) in [6.45, 7) is 6.88. The minimum Gasteiger partial charge on any atom is -0.480 e. The van der Waals surface area contributed by atoms with Crippen LogP contribution in [0.4, 0.5) is 4.79 Å². The molecule has 0 aliphatic carbocycles. The molecule has 8 heteroatoms. The van der Waals surface area contributed by atoms with Crippen molar-refractivity contribution in [1.29, 1.82) is 0 Å². The molecule has 0 saturated heterocycles. The molecule has 0 aromatic rings. The van der Waals surface area contributed by atoms with Gasteiger partial charge in [0, 0.05) is 0 Å². The van der Waals surface area contributed by atoms with Crippen LogP contribution in [0.5, 0.6) is 0 Å². The maximum absolute atomic E-state index is 11.5. The summed E-state index contributed by atoms with van der Waals surface area (Å²) < 4.78 is 4.99. The van der Waals surface area contributed by atoms with E-state index < -0.39 is 35.7 Å². The molecule has 122 valence electrons. The Labute approximate surface area is 123 Å². The number of aliphatic carboxylic acids is 2. The first-order valence-corrected chi connectivity index (χ1v) is 6.71. The summed E-state index contributed by atoms with van der Waals surface area (Å²) in [5.41, 5.74) is -0.703. The lowest BCUT2D eigenvalue weighted by Crippen LogP contribution is -2.44. The monoisotopic (exact) mass is 304 g/mol.